The topological polar surface area (TPSA) is 63.3 Å². The van der Waals surface area contributed by atoms with Gasteiger partial charge in [-0.05, 0) is 22.0 Å². The third-order valence-corrected chi connectivity index (χ3v) is 2.39. The van der Waals surface area contributed by atoms with Crippen molar-refractivity contribution < 1.29 is 14.3 Å². The van der Waals surface area contributed by atoms with Crippen LogP contribution in [0.15, 0.2) is 22.7 Å². The molecule has 0 aliphatic rings. The highest BCUT2D eigenvalue weighted by Crippen LogP contribution is 2.23. The molecule has 0 aliphatic heterocycles. The first-order valence-electron chi connectivity index (χ1n) is 3.93. The number of nitrogens with two attached hydrogens (primary N) is 1. The molecule has 0 saturated carbocycles. The van der Waals surface area contributed by atoms with Crippen LogP contribution in [0.3, 0.4) is 0 Å². The molecule has 1 atom stereocenters. The fourth-order valence-corrected chi connectivity index (χ4v) is 1.49. The first-order valence-corrected chi connectivity index (χ1v) is 4.73. The van der Waals surface area contributed by atoms with Gasteiger partial charge in [-0.15, -0.1) is 0 Å². The van der Waals surface area contributed by atoms with Gasteiger partial charge in [-0.25, -0.2) is 4.39 Å². The summed E-state index contributed by atoms with van der Waals surface area (Å²) in [6.45, 7) is 0. The molecule has 0 aromatic heterocycles. The molecule has 0 bridgehead atoms. The van der Waals surface area contributed by atoms with E-state index in [1.807, 2.05) is 0 Å². The normalized spacial score (nSPS) is 12.5. The number of carboxylic acids is 1. The summed E-state index contributed by atoms with van der Waals surface area (Å²) in [7, 11) is 0. The maximum Gasteiger partial charge on any atom is 0.305 e. The molecule has 1 aromatic rings. The zero-order chi connectivity index (χ0) is 10.7. The van der Waals surface area contributed by atoms with E-state index < -0.39 is 17.8 Å². The van der Waals surface area contributed by atoms with Gasteiger partial charge in [0, 0.05) is 11.6 Å². The number of hydrogen-bond donors (Lipinski definition) is 2. The Kier molecular flexibility index (Phi) is 3.60. The van der Waals surface area contributed by atoms with Crippen molar-refractivity contribution in [3.05, 3.63) is 34.1 Å². The molecule has 0 unspecified atom stereocenters. The summed E-state index contributed by atoms with van der Waals surface area (Å²) in [6.07, 6.45) is -0.284. The van der Waals surface area contributed by atoms with E-state index in [9.17, 15) is 9.18 Å². The predicted octanol–water partition coefficient (Wildman–Crippen LogP) is 2.06. The molecule has 3 nitrogen and oxygen atoms in total. The first kappa shape index (κ1) is 11.1. The van der Waals surface area contributed by atoms with Crippen LogP contribution in [0.25, 0.3) is 0 Å². The molecule has 0 radical (unpaired) electrons. The summed E-state index contributed by atoms with van der Waals surface area (Å²) in [6, 6.07) is 3.81. The molecule has 1 rings (SSSR count). The Morgan fingerprint density at radius 1 is 1.64 bits per heavy atom. The molecule has 0 aliphatic carbocycles. The fraction of sp³-hybridized carbons (Fsp3) is 0.222. The van der Waals surface area contributed by atoms with E-state index in [4.69, 9.17) is 10.8 Å². The van der Waals surface area contributed by atoms with Crippen LogP contribution >= 0.6 is 15.9 Å². The Morgan fingerprint density at radius 2 is 2.29 bits per heavy atom. The summed E-state index contributed by atoms with van der Waals surface area (Å²) in [5, 5.41) is 8.49. The molecule has 14 heavy (non-hydrogen) atoms. The van der Waals surface area contributed by atoms with E-state index in [1.165, 1.54) is 12.1 Å². The summed E-state index contributed by atoms with van der Waals surface area (Å²) >= 11 is 3.00. The molecule has 0 fully saturated rings. The average Bonchev–Trinajstić information content (AvgIpc) is 2.08. The van der Waals surface area contributed by atoms with E-state index in [1.54, 1.807) is 6.07 Å². The van der Waals surface area contributed by atoms with Crippen molar-refractivity contribution in [2.24, 2.45) is 5.73 Å². The average molecular weight is 262 g/mol. The van der Waals surface area contributed by atoms with Crippen LogP contribution in [-0.4, -0.2) is 11.1 Å². The maximum atomic E-state index is 13.4. The van der Waals surface area contributed by atoms with Gasteiger partial charge in [-0.1, -0.05) is 12.1 Å². The van der Waals surface area contributed by atoms with E-state index in [0.717, 1.165) is 0 Å². The highest BCUT2D eigenvalue weighted by molar-refractivity contribution is 9.10. The third kappa shape index (κ3) is 2.52. The minimum Gasteiger partial charge on any atom is -0.481 e. The van der Waals surface area contributed by atoms with Gasteiger partial charge in [-0.3, -0.25) is 4.79 Å². The van der Waals surface area contributed by atoms with Gasteiger partial charge in [0.05, 0.1) is 10.9 Å². The number of benzene rings is 1. The van der Waals surface area contributed by atoms with Crippen LogP contribution in [0.5, 0.6) is 0 Å². The second-order valence-corrected chi connectivity index (χ2v) is 3.70. The number of rotatable bonds is 3. The first-order chi connectivity index (χ1) is 6.52. The maximum absolute atomic E-state index is 13.4. The van der Waals surface area contributed by atoms with Crippen LogP contribution in [0.1, 0.15) is 18.0 Å². The van der Waals surface area contributed by atoms with Crippen molar-refractivity contribution in [1.82, 2.24) is 0 Å². The van der Waals surface area contributed by atoms with Crippen LogP contribution in [0.2, 0.25) is 0 Å². The molecule has 76 valence electrons. The second-order valence-electron chi connectivity index (χ2n) is 2.85. The van der Waals surface area contributed by atoms with Gasteiger partial charge < -0.3 is 10.8 Å². The van der Waals surface area contributed by atoms with Gasteiger partial charge in [0.1, 0.15) is 5.82 Å². The molecule has 1 aromatic carbocycles. The molecule has 0 amide bonds. The molecule has 3 N–H and O–H groups in total. The number of carbonyl (C=O) groups is 1. The van der Waals surface area contributed by atoms with Gasteiger partial charge in [0.15, 0.2) is 0 Å². The van der Waals surface area contributed by atoms with E-state index in [-0.39, 0.29) is 16.5 Å². The monoisotopic (exact) mass is 261 g/mol. The highest BCUT2D eigenvalue weighted by Gasteiger charge is 2.15. The van der Waals surface area contributed by atoms with E-state index >= 15 is 0 Å². The van der Waals surface area contributed by atoms with Crippen LogP contribution in [0.4, 0.5) is 4.39 Å². The highest BCUT2D eigenvalue weighted by atomic mass is 79.9. The lowest BCUT2D eigenvalue weighted by Gasteiger charge is -2.10. The van der Waals surface area contributed by atoms with Crippen molar-refractivity contribution >= 4 is 21.9 Å². The van der Waals surface area contributed by atoms with Crippen molar-refractivity contribution in [3.63, 3.8) is 0 Å². The third-order valence-electron chi connectivity index (χ3n) is 1.78. The zero-order valence-electron chi connectivity index (χ0n) is 7.21. The quantitative estimate of drug-likeness (QED) is 0.876. The fourth-order valence-electron chi connectivity index (χ4n) is 1.10. The molecule has 0 spiro atoms. The largest absolute Gasteiger partial charge is 0.481 e. The molecule has 5 heteroatoms. The van der Waals surface area contributed by atoms with Crippen molar-refractivity contribution in [2.45, 2.75) is 12.5 Å². The Hall–Kier alpha value is -0.940. The van der Waals surface area contributed by atoms with Crippen LogP contribution in [-0.2, 0) is 4.79 Å². The lowest BCUT2D eigenvalue weighted by molar-refractivity contribution is -0.137. The van der Waals surface area contributed by atoms with E-state index in [0.29, 0.717) is 0 Å². The number of hydrogen-bond acceptors (Lipinski definition) is 2. The van der Waals surface area contributed by atoms with Crippen LogP contribution < -0.4 is 5.73 Å². The second kappa shape index (κ2) is 4.52. The molecular weight excluding hydrogens is 253 g/mol. The summed E-state index contributed by atoms with van der Waals surface area (Å²) < 4.78 is 13.7. The smallest absolute Gasteiger partial charge is 0.305 e. The van der Waals surface area contributed by atoms with Crippen LogP contribution in [0, 0.1) is 5.82 Å². The predicted molar refractivity (Wildman–Crippen MR) is 53.3 cm³/mol. The Balaban J connectivity index is 2.95. The van der Waals surface area contributed by atoms with Crippen molar-refractivity contribution in [2.75, 3.05) is 0 Å². The minimum atomic E-state index is -1.04. The SMILES string of the molecule is N[C@H](CC(=O)O)c1cccc(Br)c1F. The Morgan fingerprint density at radius 3 is 2.86 bits per heavy atom. The zero-order valence-corrected chi connectivity index (χ0v) is 8.79. The van der Waals surface area contributed by atoms with Gasteiger partial charge in [0.2, 0.25) is 0 Å². The van der Waals surface area contributed by atoms with E-state index in [2.05, 4.69) is 15.9 Å². The van der Waals surface area contributed by atoms with Crippen molar-refractivity contribution in [3.8, 4) is 0 Å². The van der Waals surface area contributed by atoms with Gasteiger partial charge in [-0.2, -0.15) is 0 Å². The van der Waals surface area contributed by atoms with Gasteiger partial charge >= 0.3 is 5.97 Å². The lowest BCUT2D eigenvalue weighted by atomic mass is 10.0. The lowest BCUT2D eigenvalue weighted by Crippen LogP contribution is -2.16. The molecular formula is C9H9BrFNO2. The summed E-state index contributed by atoms with van der Waals surface area (Å²) in [5.74, 6) is -1.54. The van der Waals surface area contributed by atoms with Crippen molar-refractivity contribution in [1.29, 1.82) is 0 Å². The standard InChI is InChI=1S/C9H9BrFNO2/c10-6-3-1-2-5(9(6)11)7(12)4-8(13)14/h1-3,7H,4,12H2,(H,13,14)/t7-/m1/s1. The number of halogens is 2. The molecule has 0 saturated heterocycles. The molecule has 0 heterocycles. The minimum absolute atomic E-state index is 0.210. The summed E-state index contributed by atoms with van der Waals surface area (Å²) in [4.78, 5) is 10.4. The number of carboxylic acid groups (broad SMARTS) is 1. The van der Waals surface area contributed by atoms with Gasteiger partial charge in [0.25, 0.3) is 0 Å². The Labute approximate surface area is 88.9 Å². The number of aliphatic carboxylic acids is 1. The summed E-state index contributed by atoms with van der Waals surface area (Å²) in [5.41, 5.74) is 5.73. The Bertz CT molecular complexity index is 357.